The highest BCUT2D eigenvalue weighted by molar-refractivity contribution is 5.97. The Morgan fingerprint density at radius 1 is 1.65 bits per heavy atom. The molecule has 110 valence electrons. The number of aryl methyl sites for hydroxylation is 2. The molecule has 0 bridgehead atoms. The Labute approximate surface area is 116 Å². The maximum Gasteiger partial charge on any atom is 0.322 e. The van der Waals surface area contributed by atoms with Crippen LogP contribution in [0.2, 0.25) is 0 Å². The summed E-state index contributed by atoms with van der Waals surface area (Å²) in [6, 6.07) is -0.195. The van der Waals surface area contributed by atoms with E-state index in [2.05, 4.69) is 10.4 Å². The molecule has 1 aromatic rings. The molecule has 1 amide bonds. The summed E-state index contributed by atoms with van der Waals surface area (Å²) < 4.78 is 6.73. The summed E-state index contributed by atoms with van der Waals surface area (Å²) in [6.45, 7) is 4.04. The number of carbonyl (C=O) groups is 1. The zero-order valence-corrected chi connectivity index (χ0v) is 11.8. The summed E-state index contributed by atoms with van der Waals surface area (Å²) in [7, 11) is 1.52. The molecule has 0 radical (unpaired) electrons. The van der Waals surface area contributed by atoms with E-state index in [9.17, 15) is 14.9 Å². The van der Waals surface area contributed by atoms with Crippen molar-refractivity contribution in [2.75, 3.05) is 6.61 Å². The van der Waals surface area contributed by atoms with Gasteiger partial charge in [-0.1, -0.05) is 0 Å². The highest BCUT2D eigenvalue weighted by atomic mass is 16.6. The lowest BCUT2D eigenvalue weighted by Crippen LogP contribution is -2.41. The maximum absolute atomic E-state index is 12.2. The van der Waals surface area contributed by atoms with Crippen molar-refractivity contribution in [1.82, 2.24) is 15.1 Å². The SMILES string of the molecule is Cc1nn(C)c(C(=O)N[C@H](C)[C@@H]2CCCO2)c1[N+](=O)[O-]. The minimum absolute atomic E-state index is 0.0302. The van der Waals surface area contributed by atoms with E-state index in [-0.39, 0.29) is 29.2 Å². The molecule has 8 nitrogen and oxygen atoms in total. The highest BCUT2D eigenvalue weighted by Crippen LogP contribution is 2.23. The van der Waals surface area contributed by atoms with Crippen LogP contribution in [0, 0.1) is 17.0 Å². The van der Waals surface area contributed by atoms with Crippen molar-refractivity contribution in [2.24, 2.45) is 7.05 Å². The fourth-order valence-corrected chi connectivity index (χ4v) is 2.49. The van der Waals surface area contributed by atoms with Crippen molar-refractivity contribution >= 4 is 11.6 Å². The number of amides is 1. The van der Waals surface area contributed by atoms with Crippen LogP contribution in [0.1, 0.15) is 35.9 Å². The summed E-state index contributed by atoms with van der Waals surface area (Å²) in [6.07, 6.45) is 1.82. The van der Waals surface area contributed by atoms with Gasteiger partial charge < -0.3 is 10.1 Å². The maximum atomic E-state index is 12.2. The van der Waals surface area contributed by atoms with Crippen LogP contribution >= 0.6 is 0 Å². The standard InChI is InChI=1S/C12H18N4O4/c1-7(9-5-4-6-20-9)13-12(17)11-10(16(18)19)8(2)14-15(11)3/h7,9H,4-6H2,1-3H3,(H,13,17)/t7-,9+/m1/s1. The van der Waals surface area contributed by atoms with E-state index in [0.717, 1.165) is 12.8 Å². The molecule has 1 aliphatic heterocycles. The van der Waals surface area contributed by atoms with Crippen LogP contribution in [0.5, 0.6) is 0 Å². The number of nitro groups is 1. The fraction of sp³-hybridized carbons (Fsp3) is 0.667. The monoisotopic (exact) mass is 282 g/mol. The van der Waals surface area contributed by atoms with Crippen molar-refractivity contribution in [3.63, 3.8) is 0 Å². The number of nitrogens with one attached hydrogen (secondary N) is 1. The Morgan fingerprint density at radius 3 is 2.90 bits per heavy atom. The molecule has 1 saturated heterocycles. The molecular weight excluding hydrogens is 264 g/mol. The molecule has 1 aromatic heterocycles. The molecule has 0 spiro atoms. The predicted molar refractivity (Wildman–Crippen MR) is 70.5 cm³/mol. The number of carbonyl (C=O) groups excluding carboxylic acids is 1. The second-order valence-electron chi connectivity index (χ2n) is 4.98. The largest absolute Gasteiger partial charge is 0.376 e. The lowest BCUT2D eigenvalue weighted by molar-refractivity contribution is -0.385. The zero-order valence-electron chi connectivity index (χ0n) is 11.8. The van der Waals surface area contributed by atoms with Gasteiger partial charge in [0, 0.05) is 13.7 Å². The molecule has 1 fully saturated rings. The first-order chi connectivity index (χ1) is 9.41. The Balaban J connectivity index is 2.18. The number of nitrogens with zero attached hydrogens (tertiary/aromatic N) is 3. The van der Waals surface area contributed by atoms with Gasteiger partial charge in [-0.2, -0.15) is 5.10 Å². The average Bonchev–Trinajstić information content (AvgIpc) is 2.96. The first-order valence-electron chi connectivity index (χ1n) is 6.52. The minimum atomic E-state index is -0.575. The predicted octanol–water partition coefficient (Wildman–Crippen LogP) is 0.934. The molecule has 2 heterocycles. The topological polar surface area (TPSA) is 99.3 Å². The number of aromatic nitrogens is 2. The van der Waals surface area contributed by atoms with Crippen molar-refractivity contribution in [3.8, 4) is 0 Å². The normalized spacial score (nSPS) is 19.9. The van der Waals surface area contributed by atoms with Gasteiger partial charge in [0.2, 0.25) is 5.69 Å². The molecule has 1 N–H and O–H groups in total. The van der Waals surface area contributed by atoms with E-state index in [1.807, 2.05) is 6.92 Å². The van der Waals surface area contributed by atoms with Gasteiger partial charge in [0.15, 0.2) is 0 Å². The highest BCUT2D eigenvalue weighted by Gasteiger charge is 2.31. The minimum Gasteiger partial charge on any atom is -0.376 e. The van der Waals surface area contributed by atoms with E-state index >= 15 is 0 Å². The van der Waals surface area contributed by atoms with E-state index in [1.54, 1.807) is 0 Å². The molecule has 0 saturated carbocycles. The lowest BCUT2D eigenvalue weighted by atomic mass is 10.1. The van der Waals surface area contributed by atoms with Gasteiger partial charge in [-0.15, -0.1) is 0 Å². The van der Waals surface area contributed by atoms with Crippen LogP contribution < -0.4 is 5.32 Å². The second kappa shape index (κ2) is 5.58. The molecule has 2 rings (SSSR count). The van der Waals surface area contributed by atoms with Crippen molar-refractivity contribution in [3.05, 3.63) is 21.5 Å². The lowest BCUT2D eigenvalue weighted by Gasteiger charge is -2.19. The van der Waals surface area contributed by atoms with Gasteiger partial charge in [0.25, 0.3) is 5.91 Å². The molecule has 2 atom stereocenters. The number of hydrogen-bond acceptors (Lipinski definition) is 5. The van der Waals surface area contributed by atoms with Gasteiger partial charge in [0.05, 0.1) is 17.1 Å². The van der Waals surface area contributed by atoms with Gasteiger partial charge in [-0.05, 0) is 26.7 Å². The van der Waals surface area contributed by atoms with Crippen LogP contribution in [0.3, 0.4) is 0 Å². The fourth-order valence-electron chi connectivity index (χ4n) is 2.49. The summed E-state index contributed by atoms with van der Waals surface area (Å²) >= 11 is 0. The van der Waals surface area contributed by atoms with Crippen molar-refractivity contribution in [2.45, 2.75) is 38.8 Å². The Bertz CT molecular complexity index is 534. The summed E-state index contributed by atoms with van der Waals surface area (Å²) in [5.74, 6) is -0.497. The summed E-state index contributed by atoms with van der Waals surface area (Å²) in [5.41, 5.74) is -0.0469. The molecule has 0 aromatic carbocycles. The first-order valence-corrected chi connectivity index (χ1v) is 6.52. The van der Waals surface area contributed by atoms with Crippen molar-refractivity contribution < 1.29 is 14.5 Å². The van der Waals surface area contributed by atoms with Gasteiger partial charge in [-0.25, -0.2) is 0 Å². The number of rotatable bonds is 4. The van der Waals surface area contributed by atoms with Gasteiger partial charge >= 0.3 is 5.69 Å². The average molecular weight is 282 g/mol. The van der Waals surface area contributed by atoms with Gasteiger partial charge in [0.1, 0.15) is 5.69 Å². The smallest absolute Gasteiger partial charge is 0.322 e. The van der Waals surface area contributed by atoms with Crippen LogP contribution in [-0.4, -0.2) is 39.4 Å². The number of ether oxygens (including phenoxy) is 1. The third-order valence-corrected chi connectivity index (χ3v) is 3.47. The Kier molecular flexibility index (Phi) is 4.03. The van der Waals surface area contributed by atoms with E-state index in [4.69, 9.17) is 4.74 Å². The number of hydrogen-bond donors (Lipinski definition) is 1. The molecule has 0 aliphatic carbocycles. The zero-order chi connectivity index (χ0) is 14.9. The van der Waals surface area contributed by atoms with E-state index in [1.165, 1.54) is 18.7 Å². The van der Waals surface area contributed by atoms with E-state index < -0.39 is 10.8 Å². The molecule has 8 heteroatoms. The summed E-state index contributed by atoms with van der Waals surface area (Å²) in [4.78, 5) is 22.7. The molecule has 20 heavy (non-hydrogen) atoms. The van der Waals surface area contributed by atoms with Crippen LogP contribution in [0.15, 0.2) is 0 Å². The van der Waals surface area contributed by atoms with Crippen LogP contribution in [0.25, 0.3) is 0 Å². The van der Waals surface area contributed by atoms with Gasteiger partial charge in [-0.3, -0.25) is 19.6 Å². The first kappa shape index (κ1) is 14.4. The molecular formula is C12H18N4O4. The van der Waals surface area contributed by atoms with Crippen LogP contribution in [-0.2, 0) is 11.8 Å². The second-order valence-corrected chi connectivity index (χ2v) is 4.98. The third kappa shape index (κ3) is 2.64. The molecule has 0 unspecified atom stereocenters. The van der Waals surface area contributed by atoms with Crippen LogP contribution in [0.4, 0.5) is 5.69 Å². The third-order valence-electron chi connectivity index (χ3n) is 3.47. The van der Waals surface area contributed by atoms with Crippen molar-refractivity contribution in [1.29, 1.82) is 0 Å². The quantitative estimate of drug-likeness (QED) is 0.654. The molecule has 1 aliphatic rings. The Morgan fingerprint density at radius 2 is 2.35 bits per heavy atom. The summed E-state index contributed by atoms with van der Waals surface area (Å²) in [5, 5.41) is 17.7. The van der Waals surface area contributed by atoms with E-state index in [0.29, 0.717) is 6.61 Å². The Hall–Kier alpha value is -1.96.